The molecule has 0 aliphatic carbocycles. The van der Waals surface area contributed by atoms with Crippen LogP contribution in [0.5, 0.6) is 0 Å². The van der Waals surface area contributed by atoms with Crippen molar-refractivity contribution in [3.05, 3.63) is 53.9 Å². The van der Waals surface area contributed by atoms with E-state index >= 15 is 0 Å². The van der Waals surface area contributed by atoms with Gasteiger partial charge in [0.15, 0.2) is 5.96 Å². The molecule has 2 N–H and O–H groups in total. The molecule has 0 spiro atoms. The number of rotatable bonds is 8. The lowest BCUT2D eigenvalue weighted by atomic mass is 10.0. The van der Waals surface area contributed by atoms with Crippen LogP contribution >= 0.6 is 24.0 Å². The Morgan fingerprint density at radius 2 is 1.92 bits per heavy atom. The van der Waals surface area contributed by atoms with E-state index in [1.54, 1.807) is 0 Å². The largest absolute Gasteiger partial charge is 0.357 e. The third kappa shape index (κ3) is 7.76. The number of hydrogen-bond acceptors (Lipinski definition) is 2. The summed E-state index contributed by atoms with van der Waals surface area (Å²) >= 11 is 0. The number of aryl methyl sites for hydroxylation is 1. The first-order valence-electron chi connectivity index (χ1n) is 9.14. The highest BCUT2D eigenvalue weighted by Crippen LogP contribution is 2.14. The van der Waals surface area contributed by atoms with Crippen molar-refractivity contribution in [3.8, 4) is 0 Å². The number of hydrogen-bond donors (Lipinski definition) is 2. The van der Waals surface area contributed by atoms with Crippen LogP contribution in [0.1, 0.15) is 37.8 Å². The molecule has 0 saturated carbocycles. The first-order valence-corrected chi connectivity index (χ1v) is 9.14. The Morgan fingerprint density at radius 3 is 2.54 bits per heavy atom. The molecule has 6 heteroatoms. The second-order valence-corrected chi connectivity index (χ2v) is 6.75. The normalized spacial score (nSPS) is 13.6. The Labute approximate surface area is 174 Å². The molecular weight excluding hydrogens is 437 g/mol. The fourth-order valence-electron chi connectivity index (χ4n) is 2.64. The Bertz CT molecular complexity index is 637. The molecular formula is C20H32IN5. The van der Waals surface area contributed by atoms with E-state index in [1.807, 2.05) is 23.1 Å². The maximum atomic E-state index is 4.73. The van der Waals surface area contributed by atoms with Crippen molar-refractivity contribution in [2.45, 2.75) is 40.2 Å². The van der Waals surface area contributed by atoms with Crippen LogP contribution in [0.2, 0.25) is 0 Å². The summed E-state index contributed by atoms with van der Waals surface area (Å²) in [5.41, 5.74) is 2.64. The number of aromatic nitrogens is 2. The van der Waals surface area contributed by atoms with Gasteiger partial charge in [-0.1, -0.05) is 43.7 Å². The van der Waals surface area contributed by atoms with Gasteiger partial charge in [0, 0.05) is 38.6 Å². The fourth-order valence-corrected chi connectivity index (χ4v) is 2.64. The molecule has 144 valence electrons. The van der Waals surface area contributed by atoms with E-state index in [2.05, 4.69) is 67.7 Å². The molecule has 1 aromatic carbocycles. The van der Waals surface area contributed by atoms with Crippen LogP contribution in [-0.2, 0) is 6.54 Å². The van der Waals surface area contributed by atoms with Gasteiger partial charge in [-0.25, -0.2) is 0 Å². The van der Waals surface area contributed by atoms with Gasteiger partial charge in [0.25, 0.3) is 0 Å². The minimum atomic E-state index is 0. The van der Waals surface area contributed by atoms with Gasteiger partial charge in [-0.15, -0.1) is 24.0 Å². The molecule has 0 saturated heterocycles. The summed E-state index contributed by atoms with van der Waals surface area (Å²) in [5.74, 6) is 1.75. The molecule has 2 rings (SSSR count). The average Bonchev–Trinajstić information content (AvgIpc) is 3.10. The predicted octanol–water partition coefficient (Wildman–Crippen LogP) is 3.80. The Kier molecular flexibility index (Phi) is 10.3. The van der Waals surface area contributed by atoms with Crippen molar-refractivity contribution in [2.24, 2.45) is 10.9 Å². The van der Waals surface area contributed by atoms with E-state index < -0.39 is 0 Å². The van der Waals surface area contributed by atoms with Crippen LogP contribution in [0.4, 0.5) is 0 Å². The van der Waals surface area contributed by atoms with Crippen molar-refractivity contribution >= 4 is 29.9 Å². The zero-order valence-corrected chi connectivity index (χ0v) is 18.6. The summed E-state index contributed by atoms with van der Waals surface area (Å²) in [6, 6.07) is 10.7. The summed E-state index contributed by atoms with van der Waals surface area (Å²) in [5, 5.41) is 11.0. The van der Waals surface area contributed by atoms with Crippen LogP contribution in [0.3, 0.4) is 0 Å². The molecule has 0 aliphatic heterocycles. The van der Waals surface area contributed by atoms with E-state index in [9.17, 15) is 0 Å². The zero-order valence-electron chi connectivity index (χ0n) is 16.3. The standard InChI is InChI=1S/C20H31N5.HI/c1-5-21-20(22-13-17(3)15-25-12-6-11-24-25)23-14-18(4)19-9-7-16(2)8-10-19;/h6-12,17-18H,5,13-15H2,1-4H3,(H2,21,22,23);1H. The average molecular weight is 469 g/mol. The van der Waals surface area contributed by atoms with Gasteiger partial charge >= 0.3 is 0 Å². The van der Waals surface area contributed by atoms with E-state index in [4.69, 9.17) is 4.99 Å². The van der Waals surface area contributed by atoms with Gasteiger partial charge in [-0.2, -0.15) is 5.10 Å². The highest BCUT2D eigenvalue weighted by atomic mass is 127. The molecule has 0 fully saturated rings. The Morgan fingerprint density at radius 1 is 1.19 bits per heavy atom. The number of benzene rings is 1. The molecule has 2 aromatic rings. The molecule has 0 aliphatic rings. The first-order chi connectivity index (χ1) is 12.1. The Hall–Kier alpha value is -1.57. The lowest BCUT2D eigenvalue weighted by Gasteiger charge is -2.17. The summed E-state index contributed by atoms with van der Waals surface area (Å²) in [4.78, 5) is 4.73. The van der Waals surface area contributed by atoms with E-state index in [1.165, 1.54) is 11.1 Å². The van der Waals surface area contributed by atoms with Crippen LogP contribution in [0, 0.1) is 12.8 Å². The molecule has 2 atom stereocenters. The van der Waals surface area contributed by atoms with Gasteiger partial charge in [0.1, 0.15) is 0 Å². The molecule has 1 heterocycles. The van der Waals surface area contributed by atoms with Crippen LogP contribution in [0.25, 0.3) is 0 Å². The van der Waals surface area contributed by atoms with Crippen molar-refractivity contribution < 1.29 is 0 Å². The van der Waals surface area contributed by atoms with Crippen LogP contribution < -0.4 is 10.6 Å². The molecule has 0 amide bonds. The van der Waals surface area contributed by atoms with Gasteiger partial charge in [0.2, 0.25) is 0 Å². The maximum absolute atomic E-state index is 4.73. The van der Waals surface area contributed by atoms with Crippen LogP contribution in [0.15, 0.2) is 47.7 Å². The van der Waals surface area contributed by atoms with Crippen molar-refractivity contribution in [2.75, 3.05) is 19.6 Å². The fraction of sp³-hybridized carbons (Fsp3) is 0.500. The number of nitrogens with zero attached hydrogens (tertiary/aromatic N) is 3. The molecule has 26 heavy (non-hydrogen) atoms. The highest BCUT2D eigenvalue weighted by molar-refractivity contribution is 14.0. The van der Waals surface area contributed by atoms with Gasteiger partial charge in [-0.05, 0) is 37.3 Å². The third-order valence-corrected chi connectivity index (χ3v) is 4.19. The summed E-state index contributed by atoms with van der Waals surface area (Å²) < 4.78 is 1.96. The first kappa shape index (κ1) is 22.5. The second-order valence-electron chi connectivity index (χ2n) is 6.75. The highest BCUT2D eigenvalue weighted by Gasteiger charge is 2.08. The van der Waals surface area contributed by atoms with E-state index in [0.717, 1.165) is 32.1 Å². The van der Waals surface area contributed by atoms with Gasteiger partial charge in [-0.3, -0.25) is 9.67 Å². The minimum absolute atomic E-state index is 0. The molecule has 0 bridgehead atoms. The van der Waals surface area contributed by atoms with Gasteiger partial charge in [0.05, 0.1) is 0 Å². The maximum Gasteiger partial charge on any atom is 0.191 e. The summed E-state index contributed by atoms with van der Waals surface area (Å²) in [6.07, 6.45) is 3.81. The molecule has 0 radical (unpaired) electrons. The Balaban J connectivity index is 0.00000338. The minimum Gasteiger partial charge on any atom is -0.357 e. The molecule has 1 aromatic heterocycles. The predicted molar refractivity (Wildman–Crippen MR) is 120 cm³/mol. The summed E-state index contributed by atoms with van der Waals surface area (Å²) in [7, 11) is 0. The smallest absolute Gasteiger partial charge is 0.191 e. The van der Waals surface area contributed by atoms with E-state index in [0.29, 0.717) is 11.8 Å². The van der Waals surface area contributed by atoms with Crippen molar-refractivity contribution in [1.29, 1.82) is 0 Å². The molecule has 5 nitrogen and oxygen atoms in total. The third-order valence-electron chi connectivity index (χ3n) is 4.19. The van der Waals surface area contributed by atoms with Crippen LogP contribution in [-0.4, -0.2) is 35.4 Å². The quantitative estimate of drug-likeness (QED) is 0.351. The van der Waals surface area contributed by atoms with Crippen molar-refractivity contribution in [1.82, 2.24) is 20.4 Å². The monoisotopic (exact) mass is 469 g/mol. The second kappa shape index (κ2) is 11.9. The SMILES string of the molecule is CCNC(=NCC(C)Cn1cccn1)NCC(C)c1ccc(C)cc1.I. The van der Waals surface area contributed by atoms with E-state index in [-0.39, 0.29) is 24.0 Å². The number of aliphatic imine (C=N–C) groups is 1. The summed E-state index contributed by atoms with van der Waals surface area (Å²) in [6.45, 7) is 12.0. The molecule has 2 unspecified atom stereocenters. The lowest BCUT2D eigenvalue weighted by Crippen LogP contribution is -2.39. The van der Waals surface area contributed by atoms with Crippen molar-refractivity contribution in [3.63, 3.8) is 0 Å². The topological polar surface area (TPSA) is 54.2 Å². The number of halogens is 1. The number of nitrogens with one attached hydrogen (secondary N) is 2. The number of guanidine groups is 1. The zero-order chi connectivity index (χ0) is 18.1. The lowest BCUT2D eigenvalue weighted by molar-refractivity contribution is 0.458. The van der Waals surface area contributed by atoms with Gasteiger partial charge < -0.3 is 10.6 Å².